The summed E-state index contributed by atoms with van der Waals surface area (Å²) < 4.78 is 0. The summed E-state index contributed by atoms with van der Waals surface area (Å²) in [4.78, 5) is 43.1. The van der Waals surface area contributed by atoms with Crippen LogP contribution in [0.25, 0.3) is 0 Å². The van der Waals surface area contributed by atoms with Crippen molar-refractivity contribution in [3.05, 3.63) is 29.6 Å². The number of likely N-dealkylation sites (N-methyl/N-ethyl adjacent to an activating group) is 1. The van der Waals surface area contributed by atoms with Crippen LogP contribution in [0, 0.1) is 0 Å². The fourth-order valence-corrected chi connectivity index (χ4v) is 3.58. The average Bonchev–Trinajstić information content (AvgIpc) is 3.04. The van der Waals surface area contributed by atoms with Crippen LogP contribution in [0.4, 0.5) is 0 Å². The molecular weight excluding hydrogens is 318 g/mol. The van der Waals surface area contributed by atoms with E-state index < -0.39 is 12.0 Å². The number of carbonyl (C=O) groups excluding carboxylic acids is 2. The number of hydrogen-bond donors (Lipinski definition) is 1. The maximum absolute atomic E-state index is 12.7. The van der Waals surface area contributed by atoms with E-state index in [0.29, 0.717) is 24.7 Å². The number of nitrogens with zero attached hydrogens (tertiary/aromatic N) is 3. The molecule has 0 radical (unpaired) electrons. The van der Waals surface area contributed by atoms with E-state index in [1.807, 2.05) is 13.8 Å². The largest absolute Gasteiger partial charge is 0.477 e. The van der Waals surface area contributed by atoms with Crippen LogP contribution in [0.5, 0.6) is 0 Å². The van der Waals surface area contributed by atoms with E-state index >= 15 is 0 Å². The first-order valence-corrected chi connectivity index (χ1v) is 8.51. The van der Waals surface area contributed by atoms with Gasteiger partial charge in [-0.3, -0.25) is 9.59 Å². The van der Waals surface area contributed by atoms with Crippen LogP contribution < -0.4 is 0 Å². The average molecular weight is 337 g/mol. The Morgan fingerprint density at radius 1 is 1.39 bits per heavy atom. The number of rotatable bonds is 5. The van der Waals surface area contributed by atoms with Crippen molar-refractivity contribution >= 4 is 29.5 Å². The molecule has 0 bridgehead atoms. The minimum atomic E-state index is -1.19. The molecule has 1 aliphatic rings. The highest BCUT2D eigenvalue weighted by atomic mass is 32.2. The van der Waals surface area contributed by atoms with Crippen LogP contribution in [0.2, 0.25) is 0 Å². The fraction of sp³-hybridized carbons (Fsp3) is 0.467. The quantitative estimate of drug-likeness (QED) is 0.867. The van der Waals surface area contributed by atoms with Crippen molar-refractivity contribution < 1.29 is 19.5 Å². The van der Waals surface area contributed by atoms with Crippen molar-refractivity contribution in [3.8, 4) is 0 Å². The van der Waals surface area contributed by atoms with Gasteiger partial charge in [-0.05, 0) is 26.0 Å². The molecule has 1 N–H and O–H groups in total. The Balaban J connectivity index is 2.22. The molecule has 2 rings (SSSR count). The zero-order valence-electron chi connectivity index (χ0n) is 13.1. The highest BCUT2D eigenvalue weighted by Gasteiger charge is 2.37. The van der Waals surface area contributed by atoms with Gasteiger partial charge in [-0.2, -0.15) is 0 Å². The number of thioether (sulfide) groups is 1. The third-order valence-electron chi connectivity index (χ3n) is 3.73. The first-order chi connectivity index (χ1) is 11.0. The van der Waals surface area contributed by atoms with Gasteiger partial charge in [-0.1, -0.05) is 0 Å². The Hall–Kier alpha value is -2.09. The van der Waals surface area contributed by atoms with Gasteiger partial charge in [-0.25, -0.2) is 9.78 Å². The van der Waals surface area contributed by atoms with Crippen molar-refractivity contribution in [3.63, 3.8) is 0 Å². The lowest BCUT2D eigenvalue weighted by molar-refractivity contribution is -0.134. The second-order valence-electron chi connectivity index (χ2n) is 5.04. The number of aromatic nitrogens is 1. The molecule has 0 aliphatic carbocycles. The Morgan fingerprint density at radius 2 is 2.09 bits per heavy atom. The molecule has 1 unspecified atom stereocenters. The SMILES string of the molecule is CCN(CC)C(=O)C1CSCN1C(=O)c1ccnc(C(=O)O)c1. The molecule has 2 heterocycles. The third-order valence-corrected chi connectivity index (χ3v) is 4.74. The first kappa shape index (κ1) is 17.3. The molecule has 1 fully saturated rings. The van der Waals surface area contributed by atoms with Crippen LogP contribution in [-0.2, 0) is 4.79 Å². The molecule has 1 atom stereocenters. The number of carboxylic acids is 1. The van der Waals surface area contributed by atoms with Crippen LogP contribution in [0.3, 0.4) is 0 Å². The minimum Gasteiger partial charge on any atom is -0.477 e. The van der Waals surface area contributed by atoms with Crippen LogP contribution >= 0.6 is 11.8 Å². The lowest BCUT2D eigenvalue weighted by atomic mass is 10.1. The number of carboxylic acid groups (broad SMARTS) is 1. The van der Waals surface area contributed by atoms with E-state index in [9.17, 15) is 14.4 Å². The molecule has 7 nitrogen and oxygen atoms in total. The van der Waals surface area contributed by atoms with Gasteiger partial charge in [0.05, 0.1) is 5.88 Å². The molecule has 0 aromatic carbocycles. The summed E-state index contributed by atoms with van der Waals surface area (Å²) in [6.07, 6.45) is 1.29. The highest BCUT2D eigenvalue weighted by molar-refractivity contribution is 7.99. The molecular formula is C15H19N3O4S. The van der Waals surface area contributed by atoms with Gasteiger partial charge in [-0.15, -0.1) is 11.8 Å². The van der Waals surface area contributed by atoms with E-state index in [1.165, 1.54) is 35.0 Å². The van der Waals surface area contributed by atoms with Crippen molar-refractivity contribution in [2.24, 2.45) is 0 Å². The molecule has 8 heteroatoms. The van der Waals surface area contributed by atoms with Gasteiger partial charge in [0.2, 0.25) is 5.91 Å². The second-order valence-corrected chi connectivity index (χ2v) is 6.04. The number of carbonyl (C=O) groups is 3. The molecule has 2 amide bonds. The number of amides is 2. The van der Waals surface area contributed by atoms with Crippen molar-refractivity contribution in [1.82, 2.24) is 14.8 Å². The van der Waals surface area contributed by atoms with E-state index in [-0.39, 0.29) is 23.1 Å². The lowest BCUT2D eigenvalue weighted by Gasteiger charge is -2.28. The predicted molar refractivity (Wildman–Crippen MR) is 86.4 cm³/mol. The molecule has 0 saturated carbocycles. The monoisotopic (exact) mass is 337 g/mol. The zero-order valence-corrected chi connectivity index (χ0v) is 13.9. The normalized spacial score (nSPS) is 17.1. The van der Waals surface area contributed by atoms with E-state index in [1.54, 1.807) is 4.90 Å². The third kappa shape index (κ3) is 3.64. The first-order valence-electron chi connectivity index (χ1n) is 7.36. The van der Waals surface area contributed by atoms with Gasteiger partial charge in [0.15, 0.2) is 0 Å². The second kappa shape index (κ2) is 7.45. The Morgan fingerprint density at radius 3 is 2.70 bits per heavy atom. The molecule has 1 saturated heterocycles. The number of hydrogen-bond acceptors (Lipinski definition) is 5. The van der Waals surface area contributed by atoms with Crippen molar-refractivity contribution in [2.45, 2.75) is 19.9 Å². The molecule has 0 spiro atoms. The fourth-order valence-electron chi connectivity index (χ4n) is 2.44. The minimum absolute atomic E-state index is 0.0686. The number of pyridine rings is 1. The summed E-state index contributed by atoms with van der Waals surface area (Å²) in [7, 11) is 0. The molecule has 23 heavy (non-hydrogen) atoms. The molecule has 124 valence electrons. The predicted octanol–water partition coefficient (Wildman–Crippen LogP) is 1.16. The van der Waals surface area contributed by atoms with Crippen LogP contribution in [-0.4, -0.2) is 68.4 Å². The Labute approximate surface area is 138 Å². The van der Waals surface area contributed by atoms with Gasteiger partial charge < -0.3 is 14.9 Å². The van der Waals surface area contributed by atoms with Gasteiger partial charge in [0.1, 0.15) is 11.7 Å². The lowest BCUT2D eigenvalue weighted by Crippen LogP contribution is -2.49. The number of aromatic carboxylic acids is 1. The van der Waals surface area contributed by atoms with E-state index in [4.69, 9.17) is 5.11 Å². The standard InChI is InChI=1S/C15H19N3O4S/c1-3-17(4-2)14(20)12-8-23-9-18(12)13(19)10-5-6-16-11(7-10)15(21)22/h5-7,12H,3-4,8-9H2,1-2H3,(H,21,22). The summed E-state index contributed by atoms with van der Waals surface area (Å²) in [5, 5.41) is 8.98. The molecule has 1 aromatic rings. The zero-order chi connectivity index (χ0) is 17.0. The topological polar surface area (TPSA) is 90.8 Å². The highest BCUT2D eigenvalue weighted by Crippen LogP contribution is 2.24. The smallest absolute Gasteiger partial charge is 0.354 e. The summed E-state index contributed by atoms with van der Waals surface area (Å²) in [6.45, 7) is 4.99. The summed E-state index contributed by atoms with van der Waals surface area (Å²) in [5.74, 6) is -0.628. The van der Waals surface area contributed by atoms with E-state index in [0.717, 1.165) is 0 Å². The Kier molecular flexibility index (Phi) is 5.59. The van der Waals surface area contributed by atoms with Crippen LogP contribution in [0.1, 0.15) is 34.7 Å². The van der Waals surface area contributed by atoms with Gasteiger partial charge in [0.25, 0.3) is 5.91 Å². The summed E-state index contributed by atoms with van der Waals surface area (Å²) >= 11 is 1.52. The maximum Gasteiger partial charge on any atom is 0.354 e. The van der Waals surface area contributed by atoms with Crippen LogP contribution in [0.15, 0.2) is 18.3 Å². The van der Waals surface area contributed by atoms with Crippen molar-refractivity contribution in [2.75, 3.05) is 24.7 Å². The summed E-state index contributed by atoms with van der Waals surface area (Å²) in [6, 6.07) is 2.21. The van der Waals surface area contributed by atoms with E-state index in [2.05, 4.69) is 4.98 Å². The maximum atomic E-state index is 12.7. The van der Waals surface area contributed by atoms with Gasteiger partial charge in [0, 0.05) is 30.6 Å². The molecule has 1 aliphatic heterocycles. The van der Waals surface area contributed by atoms with Crippen molar-refractivity contribution in [1.29, 1.82) is 0 Å². The Bertz CT molecular complexity index is 618. The van der Waals surface area contributed by atoms with Gasteiger partial charge >= 0.3 is 5.97 Å². The summed E-state index contributed by atoms with van der Waals surface area (Å²) in [5.41, 5.74) is 0.0477. The molecule has 1 aromatic heterocycles.